The molecule has 0 amide bonds. The molecule has 1 atom stereocenters. The van der Waals surface area contributed by atoms with Crippen LogP contribution in [0, 0.1) is 0 Å². The van der Waals surface area contributed by atoms with Crippen molar-refractivity contribution in [3.05, 3.63) is 17.5 Å². The van der Waals surface area contributed by atoms with E-state index in [1.165, 1.54) is 13.2 Å². The van der Waals surface area contributed by atoms with Crippen molar-refractivity contribution in [2.75, 3.05) is 20.3 Å². The maximum absolute atomic E-state index is 10.5. The van der Waals surface area contributed by atoms with Crippen LogP contribution in [0.4, 0.5) is 0 Å². The predicted molar refractivity (Wildman–Crippen MR) is 57.7 cm³/mol. The number of nitrogens with one attached hydrogen (secondary N) is 1. The van der Waals surface area contributed by atoms with Gasteiger partial charge in [0, 0.05) is 13.2 Å². The van der Waals surface area contributed by atoms with Crippen LogP contribution < -0.4 is 5.32 Å². The van der Waals surface area contributed by atoms with E-state index in [0.29, 0.717) is 31.9 Å². The van der Waals surface area contributed by atoms with Gasteiger partial charge in [-0.05, 0) is 13.0 Å². The van der Waals surface area contributed by atoms with Gasteiger partial charge < -0.3 is 24.8 Å². The van der Waals surface area contributed by atoms with Gasteiger partial charge in [0.05, 0.1) is 19.3 Å². The van der Waals surface area contributed by atoms with Gasteiger partial charge >= 0.3 is 5.97 Å². The van der Waals surface area contributed by atoms with Crippen molar-refractivity contribution in [1.82, 2.24) is 10.5 Å². The third-order valence-electron chi connectivity index (χ3n) is 2.09. The molecule has 1 heterocycles. The Bertz CT molecular complexity index is 352. The van der Waals surface area contributed by atoms with E-state index < -0.39 is 12.1 Å². The number of nitrogens with zero attached hydrogens (tertiary/aromatic N) is 1. The fourth-order valence-electron chi connectivity index (χ4n) is 1.25. The first-order valence-corrected chi connectivity index (χ1v) is 5.20. The van der Waals surface area contributed by atoms with E-state index in [4.69, 9.17) is 14.4 Å². The van der Waals surface area contributed by atoms with E-state index in [1.807, 2.05) is 0 Å². The van der Waals surface area contributed by atoms with Gasteiger partial charge in [0.2, 0.25) is 0 Å². The zero-order valence-electron chi connectivity index (χ0n) is 9.55. The van der Waals surface area contributed by atoms with Crippen LogP contribution in [0.15, 0.2) is 10.6 Å². The number of rotatable bonds is 8. The molecule has 0 aliphatic rings. The molecule has 0 aliphatic carbocycles. The number of hydrogen-bond donors (Lipinski definition) is 3. The number of aromatic carboxylic acids is 1. The summed E-state index contributed by atoms with van der Waals surface area (Å²) in [6, 6.07) is 1.36. The summed E-state index contributed by atoms with van der Waals surface area (Å²) >= 11 is 0. The van der Waals surface area contributed by atoms with Gasteiger partial charge in [-0.15, -0.1) is 0 Å². The first-order valence-electron chi connectivity index (χ1n) is 5.20. The smallest absolute Gasteiger partial charge is 0.358 e. The van der Waals surface area contributed by atoms with Gasteiger partial charge in [-0.1, -0.05) is 5.16 Å². The Morgan fingerprint density at radius 1 is 1.71 bits per heavy atom. The number of aliphatic hydroxyl groups is 1. The highest BCUT2D eigenvalue weighted by Gasteiger charge is 2.10. The molecule has 7 nitrogen and oxygen atoms in total. The number of carboxylic acid groups (broad SMARTS) is 1. The number of aromatic nitrogens is 1. The van der Waals surface area contributed by atoms with Crippen LogP contribution in [0.3, 0.4) is 0 Å². The van der Waals surface area contributed by atoms with E-state index in [1.54, 1.807) is 0 Å². The third kappa shape index (κ3) is 4.94. The number of carboxylic acids is 1. The van der Waals surface area contributed by atoms with Crippen molar-refractivity contribution in [2.45, 2.75) is 19.1 Å². The zero-order chi connectivity index (χ0) is 12.7. The summed E-state index contributed by atoms with van der Waals surface area (Å²) in [5.41, 5.74) is -0.110. The minimum Gasteiger partial charge on any atom is -0.476 e. The molecule has 1 rings (SSSR count). The number of hydrogen-bond acceptors (Lipinski definition) is 6. The lowest BCUT2D eigenvalue weighted by atomic mass is 10.2. The molecule has 0 radical (unpaired) electrons. The molecule has 0 spiro atoms. The number of ether oxygens (including phenoxy) is 1. The minimum atomic E-state index is -1.12. The molecule has 0 bridgehead atoms. The Labute approximate surface area is 98.4 Å². The number of carbonyl (C=O) groups is 1. The second kappa shape index (κ2) is 7.00. The number of methoxy groups -OCH3 is 1. The van der Waals surface area contributed by atoms with Crippen molar-refractivity contribution in [1.29, 1.82) is 0 Å². The third-order valence-corrected chi connectivity index (χ3v) is 2.09. The molecule has 0 aliphatic heterocycles. The topological polar surface area (TPSA) is 105 Å². The maximum atomic E-state index is 10.5. The Kier molecular flexibility index (Phi) is 5.61. The van der Waals surface area contributed by atoms with E-state index in [-0.39, 0.29) is 5.69 Å². The standard InChI is InChI=1S/C10H16N2O5/c1-16-6-7(13)2-3-11-5-8-4-9(10(14)15)12-17-8/h4,7,11,13H,2-3,5-6H2,1H3,(H,14,15). The summed E-state index contributed by atoms with van der Waals surface area (Å²) in [4.78, 5) is 10.5. The molecule has 0 aromatic carbocycles. The summed E-state index contributed by atoms with van der Waals surface area (Å²) < 4.78 is 9.58. The molecule has 7 heteroatoms. The SMILES string of the molecule is COCC(O)CCNCc1cc(C(=O)O)no1. The van der Waals surface area contributed by atoms with Gasteiger partial charge in [0.15, 0.2) is 11.5 Å². The monoisotopic (exact) mass is 244 g/mol. The van der Waals surface area contributed by atoms with Crippen molar-refractivity contribution in [2.24, 2.45) is 0 Å². The van der Waals surface area contributed by atoms with Crippen molar-refractivity contribution in [3.8, 4) is 0 Å². The van der Waals surface area contributed by atoms with Crippen LogP contribution in [0.2, 0.25) is 0 Å². The van der Waals surface area contributed by atoms with E-state index in [9.17, 15) is 9.90 Å². The van der Waals surface area contributed by atoms with E-state index in [0.717, 1.165) is 0 Å². The number of aliphatic hydroxyl groups excluding tert-OH is 1. The molecule has 0 fully saturated rings. The summed E-state index contributed by atoms with van der Waals surface area (Å²) in [6.07, 6.45) is 0.0464. The van der Waals surface area contributed by atoms with Crippen LogP contribution in [0.5, 0.6) is 0 Å². The highest BCUT2D eigenvalue weighted by molar-refractivity contribution is 5.85. The minimum absolute atomic E-state index is 0.110. The molecule has 0 saturated carbocycles. The summed E-state index contributed by atoms with van der Waals surface area (Å²) in [5, 5.41) is 24.3. The second-order valence-electron chi connectivity index (χ2n) is 3.56. The van der Waals surface area contributed by atoms with E-state index >= 15 is 0 Å². The zero-order valence-corrected chi connectivity index (χ0v) is 9.55. The second-order valence-corrected chi connectivity index (χ2v) is 3.56. The molecule has 17 heavy (non-hydrogen) atoms. The van der Waals surface area contributed by atoms with Crippen molar-refractivity contribution in [3.63, 3.8) is 0 Å². The lowest BCUT2D eigenvalue weighted by molar-refractivity contribution is 0.0593. The van der Waals surface area contributed by atoms with Crippen LogP contribution in [-0.4, -0.2) is 47.7 Å². The molecule has 1 aromatic heterocycles. The molecule has 3 N–H and O–H groups in total. The fraction of sp³-hybridized carbons (Fsp3) is 0.600. The molecular formula is C10H16N2O5. The average molecular weight is 244 g/mol. The fourth-order valence-corrected chi connectivity index (χ4v) is 1.25. The highest BCUT2D eigenvalue weighted by atomic mass is 16.5. The Morgan fingerprint density at radius 2 is 2.47 bits per heavy atom. The normalized spacial score (nSPS) is 12.6. The molecule has 0 saturated heterocycles. The van der Waals surface area contributed by atoms with Crippen LogP contribution in [-0.2, 0) is 11.3 Å². The predicted octanol–water partition coefficient (Wildman–Crippen LogP) is -0.140. The first kappa shape index (κ1) is 13.6. The largest absolute Gasteiger partial charge is 0.476 e. The van der Waals surface area contributed by atoms with Gasteiger partial charge in [0.1, 0.15) is 0 Å². The lowest BCUT2D eigenvalue weighted by Gasteiger charge is -2.08. The summed E-state index contributed by atoms with van der Waals surface area (Å²) in [7, 11) is 1.53. The molecule has 1 aromatic rings. The molecule has 1 unspecified atom stereocenters. The highest BCUT2D eigenvalue weighted by Crippen LogP contribution is 2.03. The average Bonchev–Trinajstić information content (AvgIpc) is 2.73. The van der Waals surface area contributed by atoms with Crippen LogP contribution in [0.1, 0.15) is 22.7 Å². The van der Waals surface area contributed by atoms with Crippen LogP contribution >= 0.6 is 0 Å². The van der Waals surface area contributed by atoms with Crippen molar-refractivity contribution >= 4 is 5.97 Å². The summed E-state index contributed by atoms with van der Waals surface area (Å²) in [6.45, 7) is 1.25. The van der Waals surface area contributed by atoms with Gasteiger partial charge in [-0.3, -0.25) is 0 Å². The van der Waals surface area contributed by atoms with Gasteiger partial charge in [0.25, 0.3) is 0 Å². The maximum Gasteiger partial charge on any atom is 0.358 e. The van der Waals surface area contributed by atoms with Crippen LogP contribution in [0.25, 0.3) is 0 Å². The van der Waals surface area contributed by atoms with Gasteiger partial charge in [-0.2, -0.15) is 0 Å². The quantitative estimate of drug-likeness (QED) is 0.546. The molecular weight excluding hydrogens is 228 g/mol. The summed E-state index contributed by atoms with van der Waals surface area (Å²) in [5.74, 6) is -0.667. The Balaban J connectivity index is 2.19. The molecule has 96 valence electrons. The van der Waals surface area contributed by atoms with Crippen molar-refractivity contribution < 1.29 is 24.3 Å². The van der Waals surface area contributed by atoms with E-state index in [2.05, 4.69) is 10.5 Å². The Hall–Kier alpha value is -1.44. The Morgan fingerprint density at radius 3 is 3.06 bits per heavy atom. The first-order chi connectivity index (χ1) is 8.13. The lowest BCUT2D eigenvalue weighted by Crippen LogP contribution is -2.22. The van der Waals surface area contributed by atoms with Gasteiger partial charge in [-0.25, -0.2) is 4.79 Å².